The van der Waals surface area contributed by atoms with E-state index in [4.69, 9.17) is 0 Å². The lowest BCUT2D eigenvalue weighted by Crippen LogP contribution is -2.33. The molecule has 2 fully saturated rings. The third-order valence-corrected chi connectivity index (χ3v) is 12.2. The standard InChI is InChI=1S/C26H25NS.C19H15NO2S/c1-3-7-21(8-4-1)18-26(24-11-12-25-23(17-24)13-16-28-25)14-15-27(20-26)19-22-9-5-2-6-10-22;21-18-11-16(14-6-7-17-15(10-14)8-9-23-17)19(22)20(18)12-13-4-2-1-3-5-13/h1-13,16-17H,14-15,18-20H2;1-10,16H,11-12H2. The van der Waals surface area contributed by atoms with Gasteiger partial charge in [-0.05, 0) is 105 Å². The minimum Gasteiger partial charge on any atom is -0.298 e. The van der Waals surface area contributed by atoms with Crippen LogP contribution in [0, 0.1) is 0 Å². The molecule has 51 heavy (non-hydrogen) atoms. The van der Waals surface area contributed by atoms with Gasteiger partial charge in [-0.2, -0.15) is 0 Å². The van der Waals surface area contributed by atoms with Crippen LogP contribution in [-0.4, -0.2) is 34.7 Å². The first kappa shape index (κ1) is 33.3. The van der Waals surface area contributed by atoms with E-state index in [0.717, 1.165) is 42.6 Å². The van der Waals surface area contributed by atoms with Gasteiger partial charge in [0.25, 0.3) is 0 Å². The molecule has 2 atom stereocenters. The number of rotatable bonds is 8. The summed E-state index contributed by atoms with van der Waals surface area (Å²) in [5.74, 6) is -0.529. The van der Waals surface area contributed by atoms with Gasteiger partial charge < -0.3 is 0 Å². The molecule has 0 aliphatic carbocycles. The molecular weight excluding hydrogens is 665 g/mol. The summed E-state index contributed by atoms with van der Waals surface area (Å²) < 4.78 is 2.59. The second-order valence-corrected chi connectivity index (χ2v) is 15.7. The largest absolute Gasteiger partial charge is 0.298 e. The third kappa shape index (κ3) is 7.31. The predicted octanol–water partition coefficient (Wildman–Crippen LogP) is 10.2. The van der Waals surface area contributed by atoms with Crippen molar-refractivity contribution in [3.63, 3.8) is 0 Å². The van der Waals surface area contributed by atoms with E-state index >= 15 is 0 Å². The van der Waals surface area contributed by atoms with Gasteiger partial charge in [-0.3, -0.25) is 19.4 Å². The number of carbonyl (C=O) groups excluding carboxylic acids is 2. The van der Waals surface area contributed by atoms with Crippen molar-refractivity contribution in [2.45, 2.75) is 43.7 Å². The molecule has 0 radical (unpaired) electrons. The van der Waals surface area contributed by atoms with E-state index in [2.05, 4.69) is 95.2 Å². The molecular formula is C45H40N2O2S2. The summed E-state index contributed by atoms with van der Waals surface area (Å²) in [6, 6.07) is 49.0. The number of hydrogen-bond donors (Lipinski definition) is 0. The van der Waals surface area contributed by atoms with Gasteiger partial charge in [0, 0.05) is 34.3 Å². The summed E-state index contributed by atoms with van der Waals surface area (Å²) in [6.07, 6.45) is 2.58. The van der Waals surface area contributed by atoms with E-state index in [1.165, 1.54) is 42.8 Å². The van der Waals surface area contributed by atoms with Gasteiger partial charge in [0.15, 0.2) is 0 Å². The first-order chi connectivity index (χ1) is 25.0. The second kappa shape index (κ2) is 14.8. The van der Waals surface area contributed by atoms with Crippen molar-refractivity contribution in [1.29, 1.82) is 0 Å². The summed E-state index contributed by atoms with van der Waals surface area (Å²) >= 11 is 3.51. The molecule has 2 aromatic heterocycles. The topological polar surface area (TPSA) is 40.6 Å². The molecule has 4 nitrogen and oxygen atoms in total. The lowest BCUT2D eigenvalue weighted by atomic mass is 9.74. The van der Waals surface area contributed by atoms with E-state index in [-0.39, 0.29) is 29.6 Å². The van der Waals surface area contributed by atoms with Crippen LogP contribution in [0.3, 0.4) is 0 Å². The number of carbonyl (C=O) groups is 2. The highest BCUT2D eigenvalue weighted by atomic mass is 32.1. The fourth-order valence-electron chi connectivity index (χ4n) is 7.78. The van der Waals surface area contributed by atoms with Crippen molar-refractivity contribution in [3.8, 4) is 0 Å². The Labute approximate surface area is 307 Å². The summed E-state index contributed by atoms with van der Waals surface area (Å²) in [5, 5.41) is 6.76. The van der Waals surface area contributed by atoms with Crippen LogP contribution in [-0.2, 0) is 34.5 Å². The fraction of sp³-hybridized carbons (Fsp3) is 0.200. The van der Waals surface area contributed by atoms with Crippen LogP contribution in [0.25, 0.3) is 20.2 Å². The van der Waals surface area contributed by atoms with Crippen LogP contribution >= 0.6 is 22.7 Å². The summed E-state index contributed by atoms with van der Waals surface area (Å²) in [5.41, 5.74) is 6.44. The third-order valence-electron chi connectivity index (χ3n) is 10.4. The number of fused-ring (bicyclic) bond motifs is 2. The van der Waals surface area contributed by atoms with E-state index in [0.29, 0.717) is 6.54 Å². The van der Waals surface area contributed by atoms with E-state index in [9.17, 15) is 9.59 Å². The Bertz CT molecular complexity index is 2260. The number of likely N-dealkylation sites (tertiary alicyclic amines) is 2. The molecule has 2 aliphatic heterocycles. The maximum atomic E-state index is 12.7. The molecule has 0 bridgehead atoms. The monoisotopic (exact) mass is 704 g/mol. The average Bonchev–Trinajstić information content (AvgIpc) is 3.98. The minimum absolute atomic E-state index is 0.0886. The van der Waals surface area contributed by atoms with Gasteiger partial charge in [-0.25, -0.2) is 0 Å². The molecule has 0 N–H and O–H groups in total. The Hall–Kier alpha value is -4.88. The molecule has 5 aromatic carbocycles. The van der Waals surface area contributed by atoms with Crippen LogP contribution in [0.1, 0.15) is 46.6 Å². The van der Waals surface area contributed by atoms with Gasteiger partial charge in [-0.1, -0.05) is 103 Å². The predicted molar refractivity (Wildman–Crippen MR) is 211 cm³/mol. The van der Waals surface area contributed by atoms with Gasteiger partial charge in [0.05, 0.1) is 12.5 Å². The SMILES string of the molecule is O=C1CC(c2ccc3sccc3c2)C(=O)N1Cc1ccccc1.c1ccc(CN2CCC(Cc3ccccc3)(c3ccc4sccc4c3)C2)cc1. The summed E-state index contributed by atoms with van der Waals surface area (Å²) in [7, 11) is 0. The minimum atomic E-state index is -0.351. The zero-order chi connectivity index (χ0) is 34.6. The van der Waals surface area contributed by atoms with Crippen LogP contribution in [0.2, 0.25) is 0 Å². The maximum Gasteiger partial charge on any atom is 0.237 e. The highest BCUT2D eigenvalue weighted by Gasteiger charge is 2.40. The fourth-order valence-corrected chi connectivity index (χ4v) is 9.32. The van der Waals surface area contributed by atoms with Gasteiger partial charge in [-0.15, -0.1) is 22.7 Å². The molecule has 7 aromatic rings. The highest BCUT2D eigenvalue weighted by Crippen LogP contribution is 2.40. The van der Waals surface area contributed by atoms with Crippen LogP contribution in [0.5, 0.6) is 0 Å². The van der Waals surface area contributed by atoms with Gasteiger partial charge >= 0.3 is 0 Å². The Morgan fingerprint density at radius 2 is 1.22 bits per heavy atom. The van der Waals surface area contributed by atoms with E-state index < -0.39 is 0 Å². The quantitative estimate of drug-likeness (QED) is 0.148. The van der Waals surface area contributed by atoms with E-state index in [1.54, 1.807) is 11.3 Å². The van der Waals surface area contributed by atoms with Crippen molar-refractivity contribution >= 4 is 54.7 Å². The van der Waals surface area contributed by atoms with Crippen molar-refractivity contribution in [2.75, 3.05) is 13.1 Å². The Balaban J connectivity index is 0.000000150. The number of imide groups is 1. The first-order valence-corrected chi connectivity index (χ1v) is 19.4. The Morgan fingerprint density at radius 1 is 0.627 bits per heavy atom. The summed E-state index contributed by atoms with van der Waals surface area (Å²) in [4.78, 5) is 29.0. The van der Waals surface area contributed by atoms with Crippen molar-refractivity contribution in [3.05, 3.63) is 178 Å². The number of amides is 2. The molecule has 254 valence electrons. The molecule has 2 aliphatic rings. The number of thiophene rings is 2. The molecule has 9 rings (SSSR count). The van der Waals surface area contributed by atoms with E-state index in [1.807, 2.05) is 71.3 Å². The highest BCUT2D eigenvalue weighted by molar-refractivity contribution is 7.17. The smallest absolute Gasteiger partial charge is 0.237 e. The van der Waals surface area contributed by atoms with Crippen LogP contribution in [0.15, 0.2) is 150 Å². The average molecular weight is 705 g/mol. The molecule has 4 heterocycles. The lowest BCUT2D eigenvalue weighted by molar-refractivity contribution is -0.139. The number of hydrogen-bond acceptors (Lipinski definition) is 5. The van der Waals surface area contributed by atoms with Gasteiger partial charge in [0.2, 0.25) is 11.8 Å². The maximum absolute atomic E-state index is 12.7. The Morgan fingerprint density at radius 3 is 1.88 bits per heavy atom. The normalized spacial score (nSPS) is 19.1. The molecule has 2 amide bonds. The Kier molecular flexibility index (Phi) is 9.63. The second-order valence-electron chi connectivity index (χ2n) is 13.8. The lowest BCUT2D eigenvalue weighted by Gasteiger charge is -2.31. The van der Waals surface area contributed by atoms with Crippen molar-refractivity contribution in [2.24, 2.45) is 0 Å². The number of benzene rings is 5. The van der Waals surface area contributed by atoms with Crippen molar-refractivity contribution < 1.29 is 9.59 Å². The molecule has 2 unspecified atom stereocenters. The molecule has 2 saturated heterocycles. The van der Waals surface area contributed by atoms with Crippen molar-refractivity contribution in [1.82, 2.24) is 9.80 Å². The molecule has 0 saturated carbocycles. The number of nitrogens with zero attached hydrogens (tertiary/aromatic N) is 2. The van der Waals surface area contributed by atoms with Gasteiger partial charge in [0.1, 0.15) is 0 Å². The van der Waals surface area contributed by atoms with Crippen LogP contribution < -0.4 is 0 Å². The molecule has 6 heteroatoms. The zero-order valence-electron chi connectivity index (χ0n) is 28.5. The van der Waals surface area contributed by atoms with Crippen LogP contribution in [0.4, 0.5) is 0 Å². The molecule has 0 spiro atoms. The first-order valence-electron chi connectivity index (χ1n) is 17.7. The zero-order valence-corrected chi connectivity index (χ0v) is 30.1. The summed E-state index contributed by atoms with van der Waals surface area (Å²) in [6.45, 7) is 3.67.